The number of nitrogens with zero attached hydrogens (tertiary/aromatic N) is 3. The predicted molar refractivity (Wildman–Crippen MR) is 63.8 cm³/mol. The van der Waals surface area contributed by atoms with Crippen LogP contribution in [-0.4, -0.2) is 21.0 Å². The van der Waals surface area contributed by atoms with Crippen molar-refractivity contribution in [3.8, 4) is 0 Å². The molecule has 0 amide bonds. The molecule has 4 nitrogen and oxygen atoms in total. The van der Waals surface area contributed by atoms with Crippen LogP contribution in [0.4, 0.5) is 0 Å². The smallest absolute Gasteiger partial charge is 0.0830 e. The zero-order valence-corrected chi connectivity index (χ0v) is 10.3. The first kappa shape index (κ1) is 11.6. The van der Waals surface area contributed by atoms with Gasteiger partial charge in [0.25, 0.3) is 0 Å². The maximum atomic E-state index is 6.20. The van der Waals surface area contributed by atoms with E-state index < -0.39 is 0 Å². The number of hydrogen-bond acceptors (Lipinski definition) is 3. The molecule has 2 N–H and O–H groups in total. The van der Waals surface area contributed by atoms with Crippen molar-refractivity contribution in [3.05, 3.63) is 11.9 Å². The zero-order chi connectivity index (χ0) is 11.5. The van der Waals surface area contributed by atoms with Crippen LogP contribution in [0.25, 0.3) is 0 Å². The van der Waals surface area contributed by atoms with Crippen molar-refractivity contribution >= 4 is 0 Å². The highest BCUT2D eigenvalue weighted by Crippen LogP contribution is 2.31. The maximum absolute atomic E-state index is 6.20. The molecule has 90 valence electrons. The summed E-state index contributed by atoms with van der Waals surface area (Å²) in [6, 6.07) is 0.352. The molecule has 2 rings (SSSR count). The highest BCUT2D eigenvalue weighted by atomic mass is 15.4. The van der Waals surface area contributed by atoms with Crippen molar-refractivity contribution in [3.63, 3.8) is 0 Å². The van der Waals surface area contributed by atoms with E-state index in [1.54, 1.807) is 4.68 Å². The van der Waals surface area contributed by atoms with Gasteiger partial charge in [-0.25, -0.2) is 0 Å². The SMILES string of the molecule is CCC1CCC(N)C(Cc2cn(C)nn2)C1. The van der Waals surface area contributed by atoms with Gasteiger partial charge in [-0.05, 0) is 37.5 Å². The summed E-state index contributed by atoms with van der Waals surface area (Å²) >= 11 is 0. The minimum Gasteiger partial charge on any atom is -0.327 e. The summed E-state index contributed by atoms with van der Waals surface area (Å²) in [5.74, 6) is 1.46. The van der Waals surface area contributed by atoms with Crippen LogP contribution < -0.4 is 5.73 Å². The van der Waals surface area contributed by atoms with Gasteiger partial charge in [0.05, 0.1) is 5.69 Å². The van der Waals surface area contributed by atoms with Gasteiger partial charge >= 0.3 is 0 Å². The molecule has 0 saturated heterocycles. The van der Waals surface area contributed by atoms with Crippen molar-refractivity contribution in [2.45, 2.75) is 45.1 Å². The van der Waals surface area contributed by atoms with Crippen molar-refractivity contribution < 1.29 is 0 Å². The summed E-state index contributed by atoms with van der Waals surface area (Å²) in [6.07, 6.45) is 8.00. The molecule has 1 aliphatic carbocycles. The lowest BCUT2D eigenvalue weighted by Gasteiger charge is -2.33. The fraction of sp³-hybridized carbons (Fsp3) is 0.833. The zero-order valence-electron chi connectivity index (χ0n) is 10.3. The standard InChI is InChI=1S/C12H22N4/c1-3-9-4-5-12(13)10(6-9)7-11-8-16(2)15-14-11/h8-10,12H,3-7,13H2,1-2H3. The maximum Gasteiger partial charge on any atom is 0.0830 e. The van der Waals surface area contributed by atoms with E-state index in [2.05, 4.69) is 17.2 Å². The topological polar surface area (TPSA) is 56.7 Å². The lowest BCUT2D eigenvalue weighted by molar-refractivity contribution is 0.226. The fourth-order valence-corrected chi connectivity index (χ4v) is 2.75. The molecule has 0 aromatic carbocycles. The fourth-order valence-electron chi connectivity index (χ4n) is 2.75. The van der Waals surface area contributed by atoms with Crippen LogP contribution in [0.5, 0.6) is 0 Å². The van der Waals surface area contributed by atoms with Gasteiger partial charge in [0, 0.05) is 19.3 Å². The Labute approximate surface area is 97.2 Å². The Balaban J connectivity index is 1.96. The summed E-state index contributed by atoms with van der Waals surface area (Å²) < 4.78 is 1.76. The lowest BCUT2D eigenvalue weighted by atomic mass is 9.75. The van der Waals surface area contributed by atoms with Crippen LogP contribution >= 0.6 is 0 Å². The Morgan fingerprint density at radius 2 is 2.31 bits per heavy atom. The van der Waals surface area contributed by atoms with Crippen LogP contribution in [0, 0.1) is 11.8 Å². The molecule has 1 aromatic heterocycles. The summed E-state index contributed by atoms with van der Waals surface area (Å²) in [6.45, 7) is 2.28. The van der Waals surface area contributed by atoms with Gasteiger partial charge in [-0.2, -0.15) is 0 Å². The van der Waals surface area contributed by atoms with E-state index in [1.807, 2.05) is 13.2 Å². The number of aromatic nitrogens is 3. The van der Waals surface area contributed by atoms with Gasteiger partial charge in [-0.3, -0.25) is 4.68 Å². The highest BCUT2D eigenvalue weighted by molar-refractivity contribution is 4.97. The molecule has 0 bridgehead atoms. The highest BCUT2D eigenvalue weighted by Gasteiger charge is 2.27. The summed E-state index contributed by atoms with van der Waals surface area (Å²) in [7, 11) is 1.91. The molecular formula is C12H22N4. The van der Waals surface area contributed by atoms with E-state index in [9.17, 15) is 0 Å². The molecule has 3 unspecified atom stereocenters. The van der Waals surface area contributed by atoms with Gasteiger partial charge in [0.15, 0.2) is 0 Å². The molecule has 16 heavy (non-hydrogen) atoms. The molecule has 1 fully saturated rings. The largest absolute Gasteiger partial charge is 0.327 e. The number of aryl methyl sites for hydroxylation is 1. The van der Waals surface area contributed by atoms with Crippen molar-refractivity contribution in [2.24, 2.45) is 24.6 Å². The van der Waals surface area contributed by atoms with Gasteiger partial charge in [0.1, 0.15) is 0 Å². The molecular weight excluding hydrogens is 200 g/mol. The average molecular weight is 222 g/mol. The van der Waals surface area contributed by atoms with E-state index in [0.717, 1.165) is 18.0 Å². The van der Waals surface area contributed by atoms with E-state index in [1.165, 1.54) is 25.7 Å². The van der Waals surface area contributed by atoms with Gasteiger partial charge in [-0.1, -0.05) is 18.6 Å². The minimum absolute atomic E-state index is 0.352. The normalized spacial score (nSPS) is 30.6. The van der Waals surface area contributed by atoms with Crippen molar-refractivity contribution in [1.82, 2.24) is 15.0 Å². The average Bonchev–Trinajstić information content (AvgIpc) is 2.67. The Morgan fingerprint density at radius 1 is 1.50 bits per heavy atom. The first-order valence-corrected chi connectivity index (χ1v) is 6.29. The first-order chi connectivity index (χ1) is 7.69. The Kier molecular flexibility index (Phi) is 3.59. The second-order valence-corrected chi connectivity index (χ2v) is 5.10. The molecule has 0 radical (unpaired) electrons. The first-order valence-electron chi connectivity index (χ1n) is 6.29. The van der Waals surface area contributed by atoms with Crippen LogP contribution in [0.1, 0.15) is 38.3 Å². The number of nitrogens with two attached hydrogens (primary N) is 1. The predicted octanol–water partition coefficient (Wildman–Crippen LogP) is 1.51. The third-order valence-electron chi connectivity index (χ3n) is 3.85. The molecule has 1 heterocycles. The van der Waals surface area contributed by atoms with E-state index in [4.69, 9.17) is 5.73 Å². The van der Waals surface area contributed by atoms with Crippen molar-refractivity contribution in [2.75, 3.05) is 0 Å². The number of hydrogen-bond donors (Lipinski definition) is 1. The summed E-state index contributed by atoms with van der Waals surface area (Å²) in [5, 5.41) is 8.12. The van der Waals surface area contributed by atoms with Gasteiger partial charge < -0.3 is 5.73 Å². The molecule has 1 saturated carbocycles. The van der Waals surface area contributed by atoms with Crippen LogP contribution in [0.3, 0.4) is 0 Å². The van der Waals surface area contributed by atoms with Crippen LogP contribution in [0.2, 0.25) is 0 Å². The molecule has 0 aliphatic heterocycles. The molecule has 1 aliphatic rings. The monoisotopic (exact) mass is 222 g/mol. The minimum atomic E-state index is 0.352. The van der Waals surface area contributed by atoms with E-state index in [-0.39, 0.29) is 0 Å². The third-order valence-corrected chi connectivity index (χ3v) is 3.85. The van der Waals surface area contributed by atoms with Crippen molar-refractivity contribution in [1.29, 1.82) is 0 Å². The molecule has 3 atom stereocenters. The van der Waals surface area contributed by atoms with Crippen LogP contribution in [0.15, 0.2) is 6.20 Å². The number of rotatable bonds is 3. The molecule has 4 heteroatoms. The second kappa shape index (κ2) is 4.95. The quantitative estimate of drug-likeness (QED) is 0.843. The lowest BCUT2D eigenvalue weighted by Crippen LogP contribution is -2.37. The van der Waals surface area contributed by atoms with Gasteiger partial charge in [0.2, 0.25) is 0 Å². The Bertz CT molecular complexity index is 334. The summed E-state index contributed by atoms with van der Waals surface area (Å²) in [4.78, 5) is 0. The molecule has 1 aromatic rings. The Morgan fingerprint density at radius 3 is 2.94 bits per heavy atom. The summed E-state index contributed by atoms with van der Waals surface area (Å²) in [5.41, 5.74) is 7.28. The van der Waals surface area contributed by atoms with E-state index >= 15 is 0 Å². The van der Waals surface area contributed by atoms with Gasteiger partial charge in [-0.15, -0.1) is 5.10 Å². The molecule has 0 spiro atoms. The van der Waals surface area contributed by atoms with Crippen LogP contribution in [-0.2, 0) is 13.5 Å². The van der Waals surface area contributed by atoms with E-state index in [0.29, 0.717) is 12.0 Å². The second-order valence-electron chi connectivity index (χ2n) is 5.10. The Hall–Kier alpha value is -0.900. The third kappa shape index (κ3) is 2.61.